The molecule has 26 heavy (non-hydrogen) atoms. The van der Waals surface area contributed by atoms with Crippen molar-refractivity contribution in [2.45, 2.75) is 20.5 Å². The number of fused-ring (bicyclic) bond motifs is 1. The molecule has 0 aliphatic carbocycles. The molecule has 3 aromatic rings. The molecule has 0 atom stereocenters. The maximum absolute atomic E-state index is 12.6. The molecule has 0 radical (unpaired) electrons. The third kappa shape index (κ3) is 3.49. The molecule has 6 heteroatoms. The van der Waals surface area contributed by atoms with Crippen LogP contribution in [0, 0.1) is 13.8 Å². The van der Waals surface area contributed by atoms with Gasteiger partial charge in [0.05, 0.1) is 18.0 Å². The summed E-state index contributed by atoms with van der Waals surface area (Å²) in [6.45, 7) is 3.97. The van der Waals surface area contributed by atoms with Gasteiger partial charge < -0.3 is 14.6 Å². The van der Waals surface area contributed by atoms with E-state index in [2.05, 4.69) is 50.0 Å². The highest BCUT2D eigenvalue weighted by molar-refractivity contribution is 7.77. The van der Waals surface area contributed by atoms with Crippen molar-refractivity contribution in [3.05, 3.63) is 69.6 Å². The Kier molecular flexibility index (Phi) is 6.47. The van der Waals surface area contributed by atoms with Gasteiger partial charge in [-0.15, -0.1) is 12.8 Å². The first-order chi connectivity index (χ1) is 12.5. The van der Waals surface area contributed by atoms with Crippen molar-refractivity contribution in [2.24, 2.45) is 12.2 Å². The summed E-state index contributed by atoms with van der Waals surface area (Å²) in [6, 6.07) is 13.8. The highest BCUT2D eigenvalue weighted by Crippen LogP contribution is 2.33. The van der Waals surface area contributed by atoms with Crippen LogP contribution >= 0.6 is 12.8 Å². The zero-order chi connectivity index (χ0) is 19.4. The zero-order valence-corrected chi connectivity index (χ0v) is 16.4. The van der Waals surface area contributed by atoms with Gasteiger partial charge in [-0.05, 0) is 43.2 Å². The topological polar surface area (TPSA) is 71.5 Å². The molecule has 2 aromatic carbocycles. The van der Waals surface area contributed by atoms with Gasteiger partial charge in [-0.2, -0.15) is 0 Å². The summed E-state index contributed by atoms with van der Waals surface area (Å²) in [5.74, 6) is 0. The Morgan fingerprint density at radius 3 is 2.27 bits per heavy atom. The molecular weight excluding hydrogens is 346 g/mol. The number of anilines is 2. The van der Waals surface area contributed by atoms with Gasteiger partial charge in [-0.25, -0.2) is 0 Å². The Hall–Kier alpha value is -2.28. The number of aryl methyl sites for hydroxylation is 2. The van der Waals surface area contributed by atoms with Crippen molar-refractivity contribution in [1.82, 2.24) is 4.57 Å². The van der Waals surface area contributed by atoms with Gasteiger partial charge in [0.1, 0.15) is 0 Å². The van der Waals surface area contributed by atoms with E-state index in [1.807, 2.05) is 36.2 Å². The lowest BCUT2D eigenvalue weighted by Crippen LogP contribution is -2.25. The molecule has 1 aromatic heterocycles. The van der Waals surface area contributed by atoms with E-state index in [1.54, 1.807) is 7.05 Å². The molecule has 0 aliphatic rings. The normalized spacial score (nSPS) is 10.4. The number of aromatic nitrogens is 1. The molecule has 0 amide bonds. The highest BCUT2D eigenvalue weighted by Gasteiger charge is 2.18. The fraction of sp³-hybridized carbons (Fsp3) is 0.250. The first-order valence-corrected chi connectivity index (χ1v) is 8.75. The summed E-state index contributed by atoms with van der Waals surface area (Å²) in [6.07, 6.45) is 0. The van der Waals surface area contributed by atoms with E-state index in [1.165, 1.54) is 15.7 Å². The third-order valence-corrected chi connectivity index (χ3v) is 4.76. The van der Waals surface area contributed by atoms with Crippen LogP contribution in [0.15, 0.2) is 47.3 Å². The summed E-state index contributed by atoms with van der Waals surface area (Å²) in [5, 5.41) is 15.6. The van der Waals surface area contributed by atoms with Crippen LogP contribution in [0.1, 0.15) is 16.8 Å². The van der Waals surface area contributed by atoms with Gasteiger partial charge in [0.2, 0.25) is 0 Å². The molecule has 0 fully saturated rings. The Bertz CT molecular complexity index is 983. The lowest BCUT2D eigenvalue weighted by atomic mass is 10.1. The van der Waals surface area contributed by atoms with E-state index in [4.69, 9.17) is 0 Å². The molecule has 0 unspecified atom stereocenters. The second-order valence-corrected chi connectivity index (χ2v) is 6.19. The van der Waals surface area contributed by atoms with E-state index >= 15 is 0 Å². The Labute approximate surface area is 159 Å². The number of nitrogens with zero attached hydrogens (tertiary/aromatic N) is 2. The fourth-order valence-electron chi connectivity index (χ4n) is 3.11. The number of rotatable bonds is 3. The summed E-state index contributed by atoms with van der Waals surface area (Å²) < 4.78 is 1.54. The largest absolute Gasteiger partial charge is 0.390 e. The molecule has 138 valence electrons. The van der Waals surface area contributed by atoms with Gasteiger partial charge in [0.25, 0.3) is 5.56 Å². The van der Waals surface area contributed by atoms with Crippen LogP contribution in [-0.2, 0) is 13.7 Å². The Balaban J connectivity index is 0.00000117. The van der Waals surface area contributed by atoms with E-state index in [0.29, 0.717) is 11.1 Å². The predicted octanol–water partition coefficient (Wildman–Crippen LogP) is 3.21. The van der Waals surface area contributed by atoms with E-state index in [-0.39, 0.29) is 12.2 Å². The summed E-state index contributed by atoms with van der Waals surface area (Å²) >= 11 is 3.03. The zero-order valence-electron chi connectivity index (χ0n) is 15.5. The minimum atomic E-state index is -0.193. The number of aliphatic hydroxyl groups excluding tert-OH is 1. The third-order valence-electron chi connectivity index (χ3n) is 4.76. The first-order valence-electron chi connectivity index (χ1n) is 8.24. The second kappa shape index (κ2) is 8.40. The number of pyridine rings is 1. The van der Waals surface area contributed by atoms with Crippen LogP contribution in [0.25, 0.3) is 10.8 Å². The SMILES string of the molecule is Cc1ccc(N(C)c2c(CO)n(C)c(=O)c3ccccc23)cc1C.NS. The fourth-order valence-corrected chi connectivity index (χ4v) is 3.11. The van der Waals surface area contributed by atoms with Crippen molar-refractivity contribution >= 4 is 35.0 Å². The van der Waals surface area contributed by atoms with Gasteiger partial charge in [-0.3, -0.25) is 9.93 Å². The number of benzene rings is 2. The Morgan fingerprint density at radius 2 is 1.69 bits per heavy atom. The molecule has 0 aliphatic heterocycles. The highest BCUT2D eigenvalue weighted by atomic mass is 32.1. The lowest BCUT2D eigenvalue weighted by Gasteiger charge is -2.26. The molecular formula is C20H25N3O2S. The average molecular weight is 372 g/mol. The molecule has 5 nitrogen and oxygen atoms in total. The molecule has 3 rings (SSSR count). The van der Waals surface area contributed by atoms with Crippen LogP contribution in [0.2, 0.25) is 0 Å². The van der Waals surface area contributed by atoms with Gasteiger partial charge >= 0.3 is 0 Å². The van der Waals surface area contributed by atoms with Crippen LogP contribution in [-0.4, -0.2) is 16.7 Å². The number of hydrogen-bond donors (Lipinski definition) is 3. The van der Waals surface area contributed by atoms with E-state index < -0.39 is 0 Å². The quantitative estimate of drug-likeness (QED) is 0.618. The monoisotopic (exact) mass is 371 g/mol. The smallest absolute Gasteiger partial charge is 0.258 e. The first kappa shape index (κ1) is 20.0. The molecule has 0 spiro atoms. The average Bonchev–Trinajstić information content (AvgIpc) is 2.67. The number of thiol groups is 1. The maximum Gasteiger partial charge on any atom is 0.258 e. The van der Waals surface area contributed by atoms with Crippen molar-refractivity contribution < 1.29 is 5.11 Å². The standard InChI is InChI=1S/C20H22N2O2.H3NS/c1-13-9-10-15(11-14(13)2)21(3)19-16-7-5-6-8-17(16)20(24)22(4)18(19)12-23;1-2/h5-11,23H,12H2,1-4H3;2H,1H2. The summed E-state index contributed by atoms with van der Waals surface area (Å²) in [4.78, 5) is 14.6. The summed E-state index contributed by atoms with van der Waals surface area (Å²) in [7, 11) is 3.67. The van der Waals surface area contributed by atoms with Crippen molar-refractivity contribution in [2.75, 3.05) is 11.9 Å². The van der Waals surface area contributed by atoms with Crippen LogP contribution in [0.3, 0.4) is 0 Å². The number of hydrogen-bond acceptors (Lipinski definition) is 5. The Morgan fingerprint density at radius 1 is 1.08 bits per heavy atom. The predicted molar refractivity (Wildman–Crippen MR) is 112 cm³/mol. The molecule has 0 saturated heterocycles. The van der Waals surface area contributed by atoms with Gasteiger partial charge in [-0.1, -0.05) is 24.3 Å². The van der Waals surface area contributed by atoms with Crippen molar-refractivity contribution in [3.63, 3.8) is 0 Å². The van der Waals surface area contributed by atoms with Crippen LogP contribution in [0.5, 0.6) is 0 Å². The molecule has 0 saturated carbocycles. The maximum atomic E-state index is 12.6. The minimum Gasteiger partial charge on any atom is -0.390 e. The molecule has 0 bridgehead atoms. The number of nitrogens with two attached hydrogens (primary N) is 1. The molecule has 1 heterocycles. The van der Waals surface area contributed by atoms with Crippen molar-refractivity contribution in [1.29, 1.82) is 0 Å². The summed E-state index contributed by atoms with van der Waals surface area (Å²) in [5.41, 5.74) is 4.85. The van der Waals surface area contributed by atoms with Gasteiger partial charge in [0, 0.05) is 30.6 Å². The van der Waals surface area contributed by atoms with E-state index in [0.717, 1.165) is 16.8 Å². The van der Waals surface area contributed by atoms with Gasteiger partial charge in [0.15, 0.2) is 0 Å². The molecule has 3 N–H and O–H groups in total. The lowest BCUT2D eigenvalue weighted by molar-refractivity contribution is 0.272. The van der Waals surface area contributed by atoms with Crippen molar-refractivity contribution in [3.8, 4) is 0 Å². The second-order valence-electron chi connectivity index (χ2n) is 6.19. The van der Waals surface area contributed by atoms with Crippen LogP contribution < -0.4 is 15.6 Å². The van der Waals surface area contributed by atoms with Crippen LogP contribution in [0.4, 0.5) is 11.4 Å². The minimum absolute atomic E-state index is 0.0908. The number of aliphatic hydroxyl groups is 1. The van der Waals surface area contributed by atoms with E-state index in [9.17, 15) is 9.90 Å².